The third-order valence-electron chi connectivity index (χ3n) is 6.20. The number of nitrogens with one attached hydrogen (secondary N) is 1. The SMILES string of the molecule is C=CCNC(=O)c1csc(COc2ccc3c(c2)[C@@H](c2ccc(C)cc2)N(C(=O)CC(C)C)CC3)n1. The molecule has 3 aromatic rings. The number of aryl methyl sites for hydroxylation is 1. The summed E-state index contributed by atoms with van der Waals surface area (Å²) in [5.41, 5.74) is 5.00. The predicted octanol–water partition coefficient (Wildman–Crippen LogP) is 5.47. The maximum atomic E-state index is 13.2. The zero-order chi connectivity index (χ0) is 25.7. The fourth-order valence-corrected chi connectivity index (χ4v) is 5.09. The Balaban J connectivity index is 1.57. The first-order valence-electron chi connectivity index (χ1n) is 12.3. The molecule has 0 saturated carbocycles. The number of hydrogen-bond donors (Lipinski definition) is 1. The van der Waals surface area contributed by atoms with Gasteiger partial charge >= 0.3 is 0 Å². The van der Waals surface area contributed by atoms with Gasteiger partial charge in [0.05, 0.1) is 6.04 Å². The van der Waals surface area contributed by atoms with E-state index in [2.05, 4.69) is 74.0 Å². The highest BCUT2D eigenvalue weighted by molar-refractivity contribution is 7.09. The van der Waals surface area contributed by atoms with E-state index in [1.807, 2.05) is 11.0 Å². The standard InChI is InChI=1S/C29H33N3O3S/c1-5-13-30-29(34)25-18-36-26(31-25)17-35-23-11-10-21-12-14-32(27(33)15-19(2)3)28(24(21)16-23)22-8-6-20(4)7-9-22/h5-11,16,18-19,28H,1,12-15,17H2,2-4H3,(H,30,34)/t28-/m1/s1. The molecule has 0 bridgehead atoms. The Kier molecular flexibility index (Phi) is 8.21. The third-order valence-corrected chi connectivity index (χ3v) is 7.02. The molecule has 0 aliphatic carbocycles. The quantitative estimate of drug-likeness (QED) is 0.393. The maximum absolute atomic E-state index is 13.2. The molecule has 0 radical (unpaired) electrons. The molecule has 2 heterocycles. The highest BCUT2D eigenvalue weighted by Gasteiger charge is 2.32. The summed E-state index contributed by atoms with van der Waals surface area (Å²) in [6.45, 7) is 11.2. The first-order valence-corrected chi connectivity index (χ1v) is 13.2. The van der Waals surface area contributed by atoms with E-state index in [9.17, 15) is 9.59 Å². The van der Waals surface area contributed by atoms with Crippen molar-refractivity contribution in [3.05, 3.63) is 93.5 Å². The van der Waals surface area contributed by atoms with E-state index in [1.165, 1.54) is 22.5 Å². The van der Waals surface area contributed by atoms with Crippen LogP contribution >= 0.6 is 11.3 Å². The molecule has 1 aliphatic heterocycles. The lowest BCUT2D eigenvalue weighted by Gasteiger charge is -2.38. The van der Waals surface area contributed by atoms with Crippen LogP contribution < -0.4 is 10.1 Å². The number of rotatable bonds is 9. The second kappa shape index (κ2) is 11.5. The maximum Gasteiger partial charge on any atom is 0.271 e. The predicted molar refractivity (Wildman–Crippen MR) is 143 cm³/mol. The Morgan fingerprint density at radius 3 is 2.75 bits per heavy atom. The summed E-state index contributed by atoms with van der Waals surface area (Å²) in [6.07, 6.45) is 2.98. The molecule has 6 nitrogen and oxygen atoms in total. The lowest BCUT2D eigenvalue weighted by Crippen LogP contribution is -2.41. The van der Waals surface area contributed by atoms with Crippen LogP contribution in [0.4, 0.5) is 0 Å². The van der Waals surface area contributed by atoms with E-state index in [4.69, 9.17) is 4.74 Å². The highest BCUT2D eigenvalue weighted by Crippen LogP contribution is 2.38. The number of hydrogen-bond acceptors (Lipinski definition) is 5. The molecule has 0 saturated heterocycles. The molecular formula is C29H33N3O3S. The van der Waals surface area contributed by atoms with Gasteiger partial charge in [-0.2, -0.15) is 0 Å². The third kappa shape index (κ3) is 6.02. The first kappa shape index (κ1) is 25.6. The summed E-state index contributed by atoms with van der Waals surface area (Å²) >= 11 is 1.39. The van der Waals surface area contributed by atoms with Crippen molar-refractivity contribution < 1.29 is 14.3 Å². The molecule has 1 N–H and O–H groups in total. The molecule has 7 heteroatoms. The molecule has 1 aliphatic rings. The van der Waals surface area contributed by atoms with Crippen molar-refractivity contribution in [2.24, 2.45) is 5.92 Å². The average molecular weight is 504 g/mol. The Bertz CT molecular complexity index is 1230. The topological polar surface area (TPSA) is 71.5 Å². The molecule has 2 aromatic carbocycles. The number of ether oxygens (including phenoxy) is 1. The summed E-state index contributed by atoms with van der Waals surface area (Å²) in [6, 6.07) is 14.4. The van der Waals surface area contributed by atoms with Crippen LogP contribution in [0.15, 0.2) is 60.5 Å². The number of amides is 2. The van der Waals surface area contributed by atoms with E-state index < -0.39 is 0 Å². The van der Waals surface area contributed by atoms with Gasteiger partial charge in [-0.1, -0.05) is 55.8 Å². The second-order valence-corrected chi connectivity index (χ2v) is 10.5. The van der Waals surface area contributed by atoms with Gasteiger partial charge in [0.1, 0.15) is 23.1 Å². The minimum Gasteiger partial charge on any atom is -0.486 e. The normalized spacial score (nSPS) is 14.9. The van der Waals surface area contributed by atoms with Crippen LogP contribution in [0.2, 0.25) is 0 Å². The van der Waals surface area contributed by atoms with Crippen molar-refractivity contribution in [2.75, 3.05) is 13.1 Å². The van der Waals surface area contributed by atoms with E-state index in [0.29, 0.717) is 31.1 Å². The number of aromatic nitrogens is 1. The van der Waals surface area contributed by atoms with Crippen molar-refractivity contribution >= 4 is 23.2 Å². The van der Waals surface area contributed by atoms with Gasteiger partial charge < -0.3 is 15.0 Å². The van der Waals surface area contributed by atoms with Crippen LogP contribution in [0.1, 0.15) is 64.1 Å². The lowest BCUT2D eigenvalue weighted by atomic mass is 9.87. The van der Waals surface area contributed by atoms with Gasteiger partial charge in [-0.05, 0) is 48.1 Å². The van der Waals surface area contributed by atoms with Crippen molar-refractivity contribution in [3.8, 4) is 5.75 Å². The van der Waals surface area contributed by atoms with Crippen molar-refractivity contribution in [1.29, 1.82) is 0 Å². The number of carbonyl (C=O) groups excluding carboxylic acids is 2. The van der Waals surface area contributed by atoms with Crippen LogP contribution in [-0.4, -0.2) is 34.8 Å². The van der Waals surface area contributed by atoms with E-state index in [-0.39, 0.29) is 24.5 Å². The van der Waals surface area contributed by atoms with Gasteiger partial charge in [0, 0.05) is 24.9 Å². The fraction of sp³-hybridized carbons (Fsp3) is 0.345. The fourth-order valence-electron chi connectivity index (χ4n) is 4.41. The molecule has 0 unspecified atom stereocenters. The molecule has 0 fully saturated rings. The molecular weight excluding hydrogens is 470 g/mol. The smallest absolute Gasteiger partial charge is 0.271 e. The first-order chi connectivity index (χ1) is 17.4. The van der Waals surface area contributed by atoms with Crippen LogP contribution in [0.3, 0.4) is 0 Å². The Hall–Kier alpha value is -3.45. The molecule has 36 heavy (non-hydrogen) atoms. The summed E-state index contributed by atoms with van der Waals surface area (Å²) in [5.74, 6) is 0.974. The van der Waals surface area contributed by atoms with Crippen molar-refractivity contribution in [2.45, 2.75) is 46.3 Å². The number of thiazole rings is 1. The minimum atomic E-state index is -0.224. The molecule has 2 amide bonds. The lowest BCUT2D eigenvalue weighted by molar-refractivity contribution is -0.134. The summed E-state index contributed by atoms with van der Waals surface area (Å²) < 4.78 is 6.09. The van der Waals surface area contributed by atoms with Gasteiger partial charge in [-0.25, -0.2) is 4.98 Å². The zero-order valence-electron chi connectivity index (χ0n) is 21.1. The second-order valence-electron chi connectivity index (χ2n) is 9.52. The Morgan fingerprint density at radius 2 is 2.03 bits per heavy atom. The van der Waals surface area contributed by atoms with Gasteiger partial charge in [-0.3, -0.25) is 9.59 Å². The van der Waals surface area contributed by atoms with Crippen molar-refractivity contribution in [3.63, 3.8) is 0 Å². The molecule has 1 atom stereocenters. The summed E-state index contributed by atoms with van der Waals surface area (Å²) in [5, 5.41) is 5.19. The number of benzene rings is 2. The number of carbonyl (C=O) groups is 2. The van der Waals surface area contributed by atoms with E-state index >= 15 is 0 Å². The zero-order valence-corrected chi connectivity index (χ0v) is 21.9. The largest absolute Gasteiger partial charge is 0.486 e. The highest BCUT2D eigenvalue weighted by atomic mass is 32.1. The Morgan fingerprint density at radius 1 is 1.25 bits per heavy atom. The molecule has 4 rings (SSSR count). The van der Waals surface area contributed by atoms with Crippen LogP contribution in [0.5, 0.6) is 5.75 Å². The molecule has 188 valence electrons. The van der Waals surface area contributed by atoms with Gasteiger partial charge in [0.2, 0.25) is 5.91 Å². The summed E-state index contributed by atoms with van der Waals surface area (Å²) in [7, 11) is 0. The van der Waals surface area contributed by atoms with Crippen molar-refractivity contribution in [1.82, 2.24) is 15.2 Å². The average Bonchev–Trinajstić information content (AvgIpc) is 3.34. The van der Waals surface area contributed by atoms with Gasteiger partial charge in [0.25, 0.3) is 5.91 Å². The van der Waals surface area contributed by atoms with Crippen LogP contribution in [0.25, 0.3) is 0 Å². The van der Waals surface area contributed by atoms with Crippen LogP contribution in [0, 0.1) is 12.8 Å². The van der Waals surface area contributed by atoms with Crippen LogP contribution in [-0.2, 0) is 17.8 Å². The minimum absolute atomic E-state index is 0.149. The van der Waals surface area contributed by atoms with E-state index in [0.717, 1.165) is 28.3 Å². The summed E-state index contributed by atoms with van der Waals surface area (Å²) in [4.78, 5) is 31.8. The van der Waals surface area contributed by atoms with E-state index in [1.54, 1.807) is 11.5 Å². The Labute approximate surface area is 217 Å². The number of nitrogens with zero attached hydrogens (tertiary/aromatic N) is 2. The monoisotopic (exact) mass is 503 g/mol. The number of fused-ring (bicyclic) bond motifs is 1. The molecule has 1 aromatic heterocycles. The van der Waals surface area contributed by atoms with Gasteiger partial charge in [0.15, 0.2) is 0 Å². The van der Waals surface area contributed by atoms with Gasteiger partial charge in [-0.15, -0.1) is 17.9 Å². The molecule has 0 spiro atoms.